The summed E-state index contributed by atoms with van der Waals surface area (Å²) in [4.78, 5) is 12.8. The summed E-state index contributed by atoms with van der Waals surface area (Å²) in [6.07, 6.45) is 0.393. The van der Waals surface area contributed by atoms with E-state index in [9.17, 15) is 9.18 Å². The number of halogens is 1. The van der Waals surface area contributed by atoms with E-state index >= 15 is 0 Å². The van der Waals surface area contributed by atoms with E-state index in [0.717, 1.165) is 0 Å². The lowest BCUT2D eigenvalue weighted by Gasteiger charge is -2.17. The van der Waals surface area contributed by atoms with Gasteiger partial charge in [0.15, 0.2) is 0 Å². The van der Waals surface area contributed by atoms with Gasteiger partial charge in [0, 0.05) is 20.0 Å². The Bertz CT molecular complexity index is 378. The van der Waals surface area contributed by atoms with E-state index in [1.807, 2.05) is 0 Å². The maximum Gasteiger partial charge on any atom is 0.228 e. The summed E-state index contributed by atoms with van der Waals surface area (Å²) < 4.78 is 13.4. The third-order valence-corrected chi connectivity index (χ3v) is 2.35. The minimum atomic E-state index is -0.368. The molecule has 0 aliphatic carbocycles. The first-order valence-corrected chi connectivity index (χ1v) is 4.49. The van der Waals surface area contributed by atoms with Crippen LogP contribution in [0.25, 0.3) is 0 Å². The number of anilines is 2. The predicted octanol–water partition coefficient (Wildman–Crippen LogP) is 1.60. The molecule has 1 aliphatic heterocycles. The Hall–Kier alpha value is -1.58. The Morgan fingerprint density at radius 1 is 1.50 bits per heavy atom. The second-order valence-corrected chi connectivity index (χ2v) is 3.27. The van der Waals surface area contributed by atoms with Gasteiger partial charge in [-0.15, -0.1) is 0 Å². The molecule has 1 heterocycles. The largest absolute Gasteiger partial charge is 0.383 e. The Morgan fingerprint density at radius 2 is 2.29 bits per heavy atom. The van der Waals surface area contributed by atoms with Crippen molar-refractivity contribution in [3.05, 3.63) is 24.0 Å². The van der Waals surface area contributed by atoms with Gasteiger partial charge in [0.05, 0.1) is 5.69 Å². The second kappa shape index (κ2) is 3.29. The summed E-state index contributed by atoms with van der Waals surface area (Å²) in [6, 6.07) is 4.76. The van der Waals surface area contributed by atoms with Gasteiger partial charge in [0.1, 0.15) is 11.5 Å². The molecule has 0 fully saturated rings. The highest BCUT2D eigenvalue weighted by molar-refractivity contribution is 5.97. The molecule has 1 aliphatic rings. The zero-order valence-corrected chi connectivity index (χ0v) is 7.88. The van der Waals surface area contributed by atoms with Crippen molar-refractivity contribution in [3.8, 4) is 0 Å². The topological polar surface area (TPSA) is 32.3 Å². The lowest BCUT2D eigenvalue weighted by molar-refractivity contribution is -0.118. The Labute approximate surface area is 81.5 Å². The van der Waals surface area contributed by atoms with Crippen molar-refractivity contribution in [2.45, 2.75) is 6.42 Å². The van der Waals surface area contributed by atoms with Gasteiger partial charge < -0.3 is 10.2 Å². The van der Waals surface area contributed by atoms with E-state index in [1.165, 1.54) is 11.0 Å². The number of carbonyl (C=O) groups excluding carboxylic acids is 1. The monoisotopic (exact) mass is 194 g/mol. The molecule has 0 radical (unpaired) electrons. The molecule has 0 aromatic heterocycles. The first kappa shape index (κ1) is 8.99. The number of rotatable bonds is 0. The first-order valence-electron chi connectivity index (χ1n) is 4.49. The fourth-order valence-electron chi connectivity index (χ4n) is 1.60. The maximum absolute atomic E-state index is 13.4. The summed E-state index contributed by atoms with van der Waals surface area (Å²) in [5, 5.41) is 3.02. The first-order chi connectivity index (χ1) is 6.70. The molecule has 0 spiro atoms. The standard InChI is InChI=1S/C10H11FN2O/c1-13-9(14)5-6-12-8-4-2-3-7(11)10(8)13/h2-4,12H,5-6H2,1H3. The number of nitrogens with one attached hydrogen (secondary N) is 1. The van der Waals surface area contributed by atoms with Crippen molar-refractivity contribution in [3.63, 3.8) is 0 Å². The molecule has 1 aromatic carbocycles. The molecule has 0 unspecified atom stereocenters. The molecule has 0 atom stereocenters. The molecule has 0 saturated carbocycles. The average Bonchev–Trinajstić information content (AvgIpc) is 2.29. The van der Waals surface area contributed by atoms with Crippen LogP contribution in [0.4, 0.5) is 15.8 Å². The van der Waals surface area contributed by atoms with Crippen LogP contribution in [-0.2, 0) is 4.79 Å². The number of para-hydroxylation sites is 1. The number of amides is 1. The number of nitrogens with zero attached hydrogens (tertiary/aromatic N) is 1. The Balaban J connectivity index is 2.55. The van der Waals surface area contributed by atoms with Gasteiger partial charge in [0.2, 0.25) is 5.91 Å². The normalized spacial score (nSPS) is 15.9. The highest BCUT2D eigenvalue weighted by Gasteiger charge is 2.21. The number of fused-ring (bicyclic) bond motifs is 1. The third-order valence-electron chi connectivity index (χ3n) is 2.35. The fraction of sp³-hybridized carbons (Fsp3) is 0.300. The van der Waals surface area contributed by atoms with Gasteiger partial charge in [0.25, 0.3) is 0 Å². The molecule has 1 amide bonds. The van der Waals surface area contributed by atoms with Crippen LogP contribution in [0.15, 0.2) is 18.2 Å². The van der Waals surface area contributed by atoms with Crippen LogP contribution in [0, 0.1) is 5.82 Å². The number of carbonyl (C=O) groups is 1. The van der Waals surface area contributed by atoms with Crippen LogP contribution in [0.1, 0.15) is 6.42 Å². The SMILES string of the molecule is CN1C(=O)CCNc2cccc(F)c21. The zero-order chi connectivity index (χ0) is 10.1. The van der Waals surface area contributed by atoms with Crippen molar-refractivity contribution in [1.82, 2.24) is 0 Å². The van der Waals surface area contributed by atoms with Gasteiger partial charge >= 0.3 is 0 Å². The molecule has 1 N–H and O–H groups in total. The van der Waals surface area contributed by atoms with Crippen molar-refractivity contribution >= 4 is 17.3 Å². The summed E-state index contributed by atoms with van der Waals surface area (Å²) in [7, 11) is 1.59. The maximum atomic E-state index is 13.4. The van der Waals surface area contributed by atoms with Gasteiger partial charge in [-0.25, -0.2) is 4.39 Å². The van der Waals surface area contributed by atoms with Crippen LogP contribution in [0.5, 0.6) is 0 Å². The van der Waals surface area contributed by atoms with E-state index in [-0.39, 0.29) is 11.7 Å². The van der Waals surface area contributed by atoms with E-state index in [2.05, 4.69) is 5.32 Å². The van der Waals surface area contributed by atoms with Crippen LogP contribution >= 0.6 is 0 Å². The molecule has 2 rings (SSSR count). The summed E-state index contributed by atoms with van der Waals surface area (Å²) in [5.74, 6) is -0.436. The average molecular weight is 194 g/mol. The smallest absolute Gasteiger partial charge is 0.228 e. The minimum absolute atomic E-state index is 0.0682. The Kier molecular flexibility index (Phi) is 2.11. The molecule has 74 valence electrons. The van der Waals surface area contributed by atoms with E-state index in [1.54, 1.807) is 19.2 Å². The van der Waals surface area contributed by atoms with Crippen molar-refractivity contribution in [2.24, 2.45) is 0 Å². The third kappa shape index (κ3) is 1.32. The van der Waals surface area contributed by atoms with Crippen LogP contribution in [0.3, 0.4) is 0 Å². The van der Waals surface area contributed by atoms with Gasteiger partial charge in [-0.1, -0.05) is 6.07 Å². The summed E-state index contributed by atoms with van der Waals surface area (Å²) in [5.41, 5.74) is 1.02. The minimum Gasteiger partial charge on any atom is -0.383 e. The molecule has 0 saturated heterocycles. The van der Waals surface area contributed by atoms with Gasteiger partial charge in [-0.2, -0.15) is 0 Å². The number of benzene rings is 1. The quantitative estimate of drug-likeness (QED) is 0.680. The molecule has 1 aromatic rings. The summed E-state index contributed by atoms with van der Waals surface area (Å²) in [6.45, 7) is 0.555. The van der Waals surface area contributed by atoms with E-state index < -0.39 is 0 Å². The molecule has 0 bridgehead atoms. The molecule has 14 heavy (non-hydrogen) atoms. The van der Waals surface area contributed by atoms with Crippen LogP contribution in [-0.4, -0.2) is 19.5 Å². The van der Waals surface area contributed by atoms with Crippen molar-refractivity contribution < 1.29 is 9.18 Å². The highest BCUT2D eigenvalue weighted by Crippen LogP contribution is 2.30. The van der Waals surface area contributed by atoms with Crippen molar-refractivity contribution in [1.29, 1.82) is 0 Å². The van der Waals surface area contributed by atoms with E-state index in [4.69, 9.17) is 0 Å². The second-order valence-electron chi connectivity index (χ2n) is 3.27. The molecule has 3 nitrogen and oxygen atoms in total. The molecular formula is C10H11FN2O. The highest BCUT2D eigenvalue weighted by atomic mass is 19.1. The number of hydrogen-bond donors (Lipinski definition) is 1. The lowest BCUT2D eigenvalue weighted by atomic mass is 10.2. The zero-order valence-electron chi connectivity index (χ0n) is 7.88. The lowest BCUT2D eigenvalue weighted by Crippen LogP contribution is -2.26. The number of hydrogen-bond acceptors (Lipinski definition) is 2. The fourth-order valence-corrected chi connectivity index (χ4v) is 1.60. The summed E-state index contributed by atoms with van der Waals surface area (Å²) >= 11 is 0. The molecule has 4 heteroatoms. The van der Waals surface area contributed by atoms with Crippen molar-refractivity contribution in [2.75, 3.05) is 23.8 Å². The predicted molar refractivity (Wildman–Crippen MR) is 52.9 cm³/mol. The van der Waals surface area contributed by atoms with Crippen LogP contribution < -0.4 is 10.2 Å². The molecular weight excluding hydrogens is 183 g/mol. The van der Waals surface area contributed by atoms with Gasteiger partial charge in [-0.05, 0) is 12.1 Å². The van der Waals surface area contributed by atoms with Crippen LogP contribution in [0.2, 0.25) is 0 Å². The van der Waals surface area contributed by atoms with Gasteiger partial charge in [-0.3, -0.25) is 4.79 Å². The van der Waals surface area contributed by atoms with E-state index in [0.29, 0.717) is 24.3 Å². The Morgan fingerprint density at radius 3 is 3.07 bits per heavy atom.